The fraction of sp³-hybridized carbons (Fsp3) is 0. The molecule has 0 fully saturated rings. The van der Waals surface area contributed by atoms with E-state index in [-0.39, 0.29) is 5.75 Å². The molecule has 0 radical (unpaired) electrons. The number of benzene rings is 3. The molecule has 0 aliphatic rings. The highest BCUT2D eigenvalue weighted by molar-refractivity contribution is 6.30. The van der Waals surface area contributed by atoms with Crippen LogP contribution in [0.25, 0.3) is 16.9 Å². The highest BCUT2D eigenvalue weighted by Gasteiger charge is 2.15. The van der Waals surface area contributed by atoms with Gasteiger partial charge in [0.05, 0.1) is 5.69 Å². The highest BCUT2D eigenvalue weighted by atomic mass is 35.5. The number of nitrogens with zero attached hydrogens (tertiary/aromatic N) is 4. The maximum absolute atomic E-state index is 10.00. The Bertz CT molecular complexity index is 1090. The van der Waals surface area contributed by atoms with Crippen LogP contribution in [0.5, 0.6) is 5.75 Å². The average Bonchev–Trinajstić information content (AvgIpc) is 3.12. The molecular formula is C21H15ClN4O. The van der Waals surface area contributed by atoms with Gasteiger partial charge < -0.3 is 5.11 Å². The number of rotatable bonds is 4. The second-order valence-corrected chi connectivity index (χ2v) is 6.27. The summed E-state index contributed by atoms with van der Waals surface area (Å²) in [6.07, 6.45) is 1.60. The number of hydrogen-bond donors (Lipinski definition) is 1. The first-order valence-corrected chi connectivity index (χ1v) is 8.69. The van der Waals surface area contributed by atoms with Gasteiger partial charge in [-0.25, -0.2) is 4.99 Å². The Morgan fingerprint density at radius 3 is 2.33 bits per heavy atom. The molecule has 27 heavy (non-hydrogen) atoms. The van der Waals surface area contributed by atoms with Crippen LogP contribution in [-0.2, 0) is 0 Å². The fourth-order valence-corrected chi connectivity index (χ4v) is 2.79. The SMILES string of the molecule is Oc1ccccc1/C=N/c1c(-c2ccccc2)nnn1-c1ccc(Cl)cc1. The molecule has 4 aromatic rings. The Labute approximate surface area is 161 Å². The molecule has 5 nitrogen and oxygen atoms in total. The molecule has 132 valence electrons. The zero-order valence-electron chi connectivity index (χ0n) is 14.2. The Morgan fingerprint density at radius 2 is 1.59 bits per heavy atom. The van der Waals surface area contributed by atoms with E-state index < -0.39 is 0 Å². The van der Waals surface area contributed by atoms with Crippen LogP contribution in [0.2, 0.25) is 5.02 Å². The molecule has 0 saturated heterocycles. The topological polar surface area (TPSA) is 63.3 Å². The Hall–Kier alpha value is -3.44. The molecule has 1 N–H and O–H groups in total. The van der Waals surface area contributed by atoms with Crippen LogP contribution >= 0.6 is 11.6 Å². The lowest BCUT2D eigenvalue weighted by atomic mass is 10.1. The maximum atomic E-state index is 10.00. The predicted octanol–water partition coefficient (Wildman–Crippen LogP) is 5.04. The zero-order valence-corrected chi connectivity index (χ0v) is 15.0. The first-order chi connectivity index (χ1) is 13.2. The molecule has 0 atom stereocenters. The number of hydrogen-bond acceptors (Lipinski definition) is 4. The van der Waals surface area contributed by atoms with Gasteiger partial charge in [0.1, 0.15) is 11.4 Å². The van der Waals surface area contributed by atoms with Gasteiger partial charge in [-0.05, 0) is 36.4 Å². The second kappa shape index (κ2) is 7.43. The molecule has 6 heteroatoms. The largest absolute Gasteiger partial charge is 0.507 e. The van der Waals surface area contributed by atoms with Gasteiger partial charge in [-0.2, -0.15) is 4.68 Å². The number of para-hydroxylation sites is 1. The van der Waals surface area contributed by atoms with Crippen molar-refractivity contribution in [3.63, 3.8) is 0 Å². The molecule has 0 spiro atoms. The van der Waals surface area contributed by atoms with Crippen molar-refractivity contribution in [2.75, 3.05) is 0 Å². The summed E-state index contributed by atoms with van der Waals surface area (Å²) in [6.45, 7) is 0. The van der Waals surface area contributed by atoms with Gasteiger partial charge in [0.25, 0.3) is 0 Å². The van der Waals surface area contributed by atoms with Crippen molar-refractivity contribution in [1.29, 1.82) is 0 Å². The van der Waals surface area contributed by atoms with Crippen molar-refractivity contribution in [2.45, 2.75) is 0 Å². The second-order valence-electron chi connectivity index (χ2n) is 5.83. The summed E-state index contributed by atoms with van der Waals surface area (Å²) < 4.78 is 1.65. The Balaban J connectivity index is 1.84. The van der Waals surface area contributed by atoms with Crippen LogP contribution in [-0.4, -0.2) is 26.3 Å². The van der Waals surface area contributed by atoms with Gasteiger partial charge in [0.2, 0.25) is 0 Å². The fourth-order valence-electron chi connectivity index (χ4n) is 2.66. The van der Waals surface area contributed by atoms with Crippen molar-refractivity contribution in [3.8, 4) is 22.7 Å². The molecule has 0 saturated carbocycles. The minimum atomic E-state index is 0.160. The van der Waals surface area contributed by atoms with Crippen LogP contribution in [0.4, 0.5) is 5.82 Å². The zero-order chi connectivity index (χ0) is 18.6. The Morgan fingerprint density at radius 1 is 0.889 bits per heavy atom. The quantitative estimate of drug-likeness (QED) is 0.509. The number of phenols is 1. The maximum Gasteiger partial charge on any atom is 0.184 e. The van der Waals surface area contributed by atoms with Gasteiger partial charge >= 0.3 is 0 Å². The van der Waals surface area contributed by atoms with Gasteiger partial charge in [-0.1, -0.05) is 59.3 Å². The van der Waals surface area contributed by atoms with Crippen molar-refractivity contribution in [1.82, 2.24) is 15.0 Å². The first-order valence-electron chi connectivity index (χ1n) is 8.31. The van der Waals surface area contributed by atoms with Crippen molar-refractivity contribution in [2.24, 2.45) is 4.99 Å². The minimum Gasteiger partial charge on any atom is -0.507 e. The number of aromatic hydroxyl groups is 1. The molecule has 1 aromatic heterocycles. The predicted molar refractivity (Wildman–Crippen MR) is 107 cm³/mol. The summed E-state index contributed by atoms with van der Waals surface area (Å²) >= 11 is 6.00. The summed E-state index contributed by atoms with van der Waals surface area (Å²) in [7, 11) is 0. The number of phenolic OH excluding ortho intramolecular Hbond substituents is 1. The van der Waals surface area contributed by atoms with Crippen molar-refractivity contribution in [3.05, 3.63) is 89.4 Å². The van der Waals surface area contributed by atoms with E-state index >= 15 is 0 Å². The molecule has 0 amide bonds. The third-order valence-electron chi connectivity index (χ3n) is 4.03. The summed E-state index contributed by atoms with van der Waals surface area (Å²) in [6, 6.07) is 24.0. The monoisotopic (exact) mass is 374 g/mol. The van der Waals surface area contributed by atoms with E-state index in [2.05, 4.69) is 15.3 Å². The summed E-state index contributed by atoms with van der Waals surface area (Å²) in [4.78, 5) is 4.59. The highest BCUT2D eigenvalue weighted by Crippen LogP contribution is 2.30. The van der Waals surface area contributed by atoms with E-state index in [0.29, 0.717) is 22.1 Å². The lowest BCUT2D eigenvalue weighted by molar-refractivity contribution is 0.474. The van der Waals surface area contributed by atoms with E-state index in [0.717, 1.165) is 11.3 Å². The first kappa shape index (κ1) is 17.0. The van der Waals surface area contributed by atoms with E-state index in [4.69, 9.17) is 11.6 Å². The number of aromatic nitrogens is 3. The van der Waals surface area contributed by atoms with E-state index in [1.54, 1.807) is 41.2 Å². The number of aliphatic imine (C=N–C) groups is 1. The minimum absolute atomic E-state index is 0.160. The molecule has 0 aliphatic heterocycles. The third kappa shape index (κ3) is 3.59. The smallest absolute Gasteiger partial charge is 0.184 e. The van der Waals surface area contributed by atoms with E-state index in [1.165, 1.54) is 0 Å². The summed E-state index contributed by atoms with van der Waals surface area (Å²) in [5.74, 6) is 0.722. The Kier molecular flexibility index (Phi) is 4.68. The van der Waals surface area contributed by atoms with Crippen molar-refractivity contribution < 1.29 is 5.11 Å². The van der Waals surface area contributed by atoms with Crippen LogP contribution in [0.1, 0.15) is 5.56 Å². The van der Waals surface area contributed by atoms with Crippen LogP contribution in [0.15, 0.2) is 83.9 Å². The standard InChI is InChI=1S/C21H15ClN4O/c22-17-10-12-18(13-11-17)26-21(23-14-16-8-4-5-9-19(16)27)20(24-25-26)15-6-2-1-3-7-15/h1-14,27H/b23-14+. The molecule has 0 bridgehead atoms. The van der Waals surface area contributed by atoms with E-state index in [1.807, 2.05) is 48.5 Å². The molecule has 3 aromatic carbocycles. The lowest BCUT2D eigenvalue weighted by Crippen LogP contribution is -1.96. The van der Waals surface area contributed by atoms with Crippen molar-refractivity contribution >= 4 is 23.6 Å². The number of halogens is 1. The van der Waals surface area contributed by atoms with Crippen LogP contribution < -0.4 is 0 Å². The van der Waals surface area contributed by atoms with Crippen LogP contribution in [0, 0.1) is 0 Å². The molecule has 0 aliphatic carbocycles. The molecule has 0 unspecified atom stereocenters. The lowest BCUT2D eigenvalue weighted by Gasteiger charge is -2.05. The summed E-state index contributed by atoms with van der Waals surface area (Å²) in [5, 5.41) is 19.2. The van der Waals surface area contributed by atoms with Gasteiger partial charge in [-0.15, -0.1) is 5.10 Å². The third-order valence-corrected chi connectivity index (χ3v) is 4.28. The summed E-state index contributed by atoms with van der Waals surface area (Å²) in [5.41, 5.74) is 2.96. The normalized spacial score (nSPS) is 11.1. The average molecular weight is 375 g/mol. The van der Waals surface area contributed by atoms with Gasteiger partial charge in [0.15, 0.2) is 5.82 Å². The van der Waals surface area contributed by atoms with Gasteiger partial charge in [0, 0.05) is 22.4 Å². The molecular weight excluding hydrogens is 360 g/mol. The molecule has 4 rings (SSSR count). The molecule has 1 heterocycles. The van der Waals surface area contributed by atoms with Crippen LogP contribution in [0.3, 0.4) is 0 Å². The van der Waals surface area contributed by atoms with Gasteiger partial charge in [-0.3, -0.25) is 0 Å². The van der Waals surface area contributed by atoms with E-state index in [9.17, 15) is 5.11 Å².